The molecule has 0 atom stereocenters. The molecular weight excluding hydrogens is 318 g/mol. The molecule has 2 N–H and O–H groups in total. The summed E-state index contributed by atoms with van der Waals surface area (Å²) < 4.78 is 10.4. The number of fused-ring (bicyclic) bond motifs is 2. The van der Waals surface area contributed by atoms with Crippen molar-refractivity contribution in [2.45, 2.75) is 6.42 Å². The summed E-state index contributed by atoms with van der Waals surface area (Å²) in [6.07, 6.45) is 2.67. The Kier molecular flexibility index (Phi) is 3.85. The molecule has 4 aromatic rings. The van der Waals surface area contributed by atoms with Gasteiger partial charge in [0.15, 0.2) is 0 Å². The number of aromatic amines is 1. The molecule has 4 rings (SSSR count). The van der Waals surface area contributed by atoms with E-state index in [0.717, 1.165) is 27.6 Å². The number of rotatable bonds is 5. The predicted molar refractivity (Wildman–Crippen MR) is 94.9 cm³/mol. The highest BCUT2D eigenvalue weighted by Crippen LogP contribution is 2.23. The third-order valence-electron chi connectivity index (χ3n) is 4.24. The summed E-state index contributed by atoms with van der Waals surface area (Å²) >= 11 is 0. The minimum Gasteiger partial charge on any atom is -0.497 e. The number of ether oxygens (including phenoxy) is 1. The molecule has 0 spiro atoms. The Balaban J connectivity index is 1.45. The first-order chi connectivity index (χ1) is 12.3. The summed E-state index contributed by atoms with van der Waals surface area (Å²) in [5.74, 6) is 0.806. The monoisotopic (exact) mass is 335 g/mol. The maximum Gasteiger partial charge on any atom is 0.290 e. The molecule has 0 saturated heterocycles. The lowest BCUT2D eigenvalue weighted by Crippen LogP contribution is -2.25. The summed E-state index contributed by atoms with van der Waals surface area (Å²) in [6.45, 7) is 0.507. The molecule has 6 nitrogen and oxygen atoms in total. The topological polar surface area (TPSA) is 80.2 Å². The lowest BCUT2D eigenvalue weighted by molar-refractivity contribution is 0.0920. The molecule has 6 heteroatoms. The maximum atomic E-state index is 12.3. The predicted octanol–water partition coefficient (Wildman–Crippen LogP) is 3.29. The largest absolute Gasteiger partial charge is 0.497 e. The van der Waals surface area contributed by atoms with Gasteiger partial charge in [-0.1, -0.05) is 17.3 Å². The van der Waals surface area contributed by atoms with E-state index in [1.54, 1.807) is 7.11 Å². The summed E-state index contributed by atoms with van der Waals surface area (Å²) in [7, 11) is 1.65. The zero-order chi connectivity index (χ0) is 17.2. The average molecular weight is 335 g/mol. The minimum absolute atomic E-state index is 0.249. The smallest absolute Gasteiger partial charge is 0.290 e. The van der Waals surface area contributed by atoms with Crippen LogP contribution in [-0.2, 0) is 6.42 Å². The molecule has 0 fully saturated rings. The highest BCUT2D eigenvalue weighted by Gasteiger charge is 2.15. The summed E-state index contributed by atoms with van der Waals surface area (Å²) in [5, 5.41) is 8.64. The van der Waals surface area contributed by atoms with E-state index in [0.29, 0.717) is 18.5 Å². The molecule has 2 aromatic heterocycles. The number of methoxy groups -OCH3 is 1. The zero-order valence-corrected chi connectivity index (χ0v) is 13.7. The van der Waals surface area contributed by atoms with Crippen LogP contribution in [0.4, 0.5) is 0 Å². The van der Waals surface area contributed by atoms with Gasteiger partial charge in [-0.15, -0.1) is 0 Å². The van der Waals surface area contributed by atoms with Crippen molar-refractivity contribution < 1.29 is 14.1 Å². The summed E-state index contributed by atoms with van der Waals surface area (Å²) in [6, 6.07) is 13.3. The van der Waals surface area contributed by atoms with E-state index in [9.17, 15) is 4.79 Å². The molecule has 1 amide bonds. The van der Waals surface area contributed by atoms with Gasteiger partial charge in [-0.05, 0) is 36.2 Å². The SMILES string of the molecule is COc1ccc2c(CCNC(=O)c3onc4ccccc34)c[nH]c2c1. The van der Waals surface area contributed by atoms with Gasteiger partial charge in [-0.25, -0.2) is 0 Å². The van der Waals surface area contributed by atoms with Crippen LogP contribution in [0.15, 0.2) is 53.2 Å². The van der Waals surface area contributed by atoms with Crippen LogP contribution in [-0.4, -0.2) is 29.7 Å². The van der Waals surface area contributed by atoms with E-state index < -0.39 is 0 Å². The van der Waals surface area contributed by atoms with Crippen molar-refractivity contribution in [2.75, 3.05) is 13.7 Å². The Morgan fingerprint density at radius 3 is 3.00 bits per heavy atom. The second-order valence-electron chi connectivity index (χ2n) is 5.76. The molecule has 0 aliphatic carbocycles. The number of hydrogen-bond acceptors (Lipinski definition) is 4. The quantitative estimate of drug-likeness (QED) is 0.586. The van der Waals surface area contributed by atoms with Gasteiger partial charge in [0.1, 0.15) is 11.3 Å². The van der Waals surface area contributed by atoms with Gasteiger partial charge < -0.3 is 19.6 Å². The van der Waals surface area contributed by atoms with E-state index in [-0.39, 0.29) is 11.7 Å². The summed E-state index contributed by atoms with van der Waals surface area (Å²) in [4.78, 5) is 15.6. The number of hydrogen-bond donors (Lipinski definition) is 2. The van der Waals surface area contributed by atoms with Crippen LogP contribution in [0.5, 0.6) is 5.75 Å². The second-order valence-corrected chi connectivity index (χ2v) is 5.76. The molecule has 2 heterocycles. The van der Waals surface area contributed by atoms with Crippen molar-refractivity contribution in [3.8, 4) is 5.75 Å². The number of carbonyl (C=O) groups is 1. The van der Waals surface area contributed by atoms with Gasteiger partial charge in [0, 0.05) is 29.7 Å². The molecule has 2 aromatic carbocycles. The van der Waals surface area contributed by atoms with Crippen LogP contribution in [0, 0.1) is 0 Å². The normalized spacial score (nSPS) is 11.1. The van der Waals surface area contributed by atoms with Gasteiger partial charge in [0.05, 0.1) is 12.5 Å². The van der Waals surface area contributed by atoms with Crippen molar-refractivity contribution in [1.82, 2.24) is 15.5 Å². The fraction of sp³-hybridized carbons (Fsp3) is 0.158. The Morgan fingerprint density at radius 2 is 2.12 bits per heavy atom. The number of benzene rings is 2. The van der Waals surface area contributed by atoms with Crippen LogP contribution in [0.3, 0.4) is 0 Å². The van der Waals surface area contributed by atoms with E-state index in [1.165, 1.54) is 0 Å². The molecule has 0 bridgehead atoms. The molecule has 0 unspecified atom stereocenters. The first-order valence-corrected chi connectivity index (χ1v) is 8.03. The van der Waals surface area contributed by atoms with Crippen LogP contribution < -0.4 is 10.1 Å². The Morgan fingerprint density at radius 1 is 1.24 bits per heavy atom. The van der Waals surface area contributed by atoms with E-state index in [4.69, 9.17) is 9.26 Å². The van der Waals surface area contributed by atoms with Crippen LogP contribution >= 0.6 is 0 Å². The lowest BCUT2D eigenvalue weighted by Gasteiger charge is -2.03. The molecule has 0 saturated carbocycles. The van der Waals surface area contributed by atoms with Crippen molar-refractivity contribution >= 4 is 27.7 Å². The van der Waals surface area contributed by atoms with E-state index in [1.807, 2.05) is 48.7 Å². The first-order valence-electron chi connectivity index (χ1n) is 8.03. The number of H-pyrrole nitrogens is 1. The molecule has 0 radical (unpaired) electrons. The highest BCUT2D eigenvalue weighted by molar-refractivity contribution is 6.03. The number of nitrogens with zero attached hydrogens (tertiary/aromatic N) is 1. The number of aromatic nitrogens is 2. The van der Waals surface area contributed by atoms with Gasteiger partial charge in [-0.2, -0.15) is 0 Å². The number of nitrogens with one attached hydrogen (secondary N) is 2. The highest BCUT2D eigenvalue weighted by atomic mass is 16.5. The van der Waals surface area contributed by atoms with Gasteiger partial charge in [0.25, 0.3) is 5.91 Å². The van der Waals surface area contributed by atoms with Crippen molar-refractivity contribution in [3.05, 3.63) is 60.0 Å². The Hall–Kier alpha value is -3.28. The van der Waals surface area contributed by atoms with E-state index >= 15 is 0 Å². The van der Waals surface area contributed by atoms with Crippen LogP contribution in [0.1, 0.15) is 16.1 Å². The second kappa shape index (κ2) is 6.32. The molecule has 0 aliphatic heterocycles. The standard InChI is InChI=1S/C19H17N3O3/c1-24-13-6-7-14-12(11-21-17(14)10-13)8-9-20-19(23)18-15-4-2-3-5-16(15)22-25-18/h2-7,10-11,21H,8-9H2,1H3,(H,20,23). The Bertz CT molecular complexity index is 1050. The van der Waals surface area contributed by atoms with Gasteiger partial charge in [-0.3, -0.25) is 4.79 Å². The van der Waals surface area contributed by atoms with Crippen molar-refractivity contribution in [3.63, 3.8) is 0 Å². The third kappa shape index (κ3) is 2.82. The van der Waals surface area contributed by atoms with Crippen molar-refractivity contribution in [2.24, 2.45) is 0 Å². The maximum absolute atomic E-state index is 12.3. The van der Waals surface area contributed by atoms with Gasteiger partial charge >= 0.3 is 0 Å². The minimum atomic E-state index is -0.254. The molecular formula is C19H17N3O3. The van der Waals surface area contributed by atoms with Crippen LogP contribution in [0.2, 0.25) is 0 Å². The fourth-order valence-electron chi connectivity index (χ4n) is 2.94. The van der Waals surface area contributed by atoms with Gasteiger partial charge in [0.2, 0.25) is 5.76 Å². The molecule has 126 valence electrons. The van der Waals surface area contributed by atoms with Crippen LogP contribution in [0.25, 0.3) is 21.8 Å². The third-order valence-corrected chi connectivity index (χ3v) is 4.24. The average Bonchev–Trinajstić information content (AvgIpc) is 3.25. The number of amides is 1. The molecule has 25 heavy (non-hydrogen) atoms. The molecule has 0 aliphatic rings. The lowest BCUT2D eigenvalue weighted by atomic mass is 10.1. The van der Waals surface area contributed by atoms with Crippen molar-refractivity contribution in [1.29, 1.82) is 0 Å². The Labute approximate surface area is 143 Å². The number of carbonyl (C=O) groups excluding carboxylic acids is 1. The zero-order valence-electron chi connectivity index (χ0n) is 13.7. The fourth-order valence-corrected chi connectivity index (χ4v) is 2.94. The summed E-state index contributed by atoms with van der Waals surface area (Å²) in [5.41, 5.74) is 2.83. The van der Waals surface area contributed by atoms with E-state index in [2.05, 4.69) is 15.5 Å². The first kappa shape index (κ1) is 15.3.